The maximum Gasteiger partial charge on any atom is 0.227 e. The van der Waals surface area contributed by atoms with Gasteiger partial charge in [0, 0.05) is 35.3 Å². The van der Waals surface area contributed by atoms with Crippen LogP contribution >= 0.6 is 11.6 Å². The average Bonchev–Trinajstić information content (AvgIpc) is 2.94. The zero-order chi connectivity index (χ0) is 16.6. The van der Waals surface area contributed by atoms with Gasteiger partial charge in [-0.05, 0) is 32.3 Å². The van der Waals surface area contributed by atoms with Crippen molar-refractivity contribution in [3.8, 4) is 11.3 Å². The summed E-state index contributed by atoms with van der Waals surface area (Å²) in [6.07, 6.45) is 2.52. The molecule has 0 spiro atoms. The highest BCUT2D eigenvalue weighted by atomic mass is 35.5. The minimum absolute atomic E-state index is 0.111. The molecule has 23 heavy (non-hydrogen) atoms. The van der Waals surface area contributed by atoms with Crippen LogP contribution in [0, 0.1) is 0 Å². The SMILES string of the molecule is CCC(=O)N1Cc2cn(CCN(C)C)nc2-c2cc(Cl)ccc21. The zero-order valence-electron chi connectivity index (χ0n) is 13.7. The lowest BCUT2D eigenvalue weighted by molar-refractivity contribution is -0.118. The number of anilines is 1. The number of fused-ring (bicyclic) bond motifs is 3. The Morgan fingerprint density at radius 2 is 2.17 bits per heavy atom. The summed E-state index contributed by atoms with van der Waals surface area (Å²) in [5.41, 5.74) is 3.83. The van der Waals surface area contributed by atoms with Gasteiger partial charge < -0.3 is 9.80 Å². The third-order valence-electron chi connectivity index (χ3n) is 4.05. The van der Waals surface area contributed by atoms with E-state index >= 15 is 0 Å². The van der Waals surface area contributed by atoms with Gasteiger partial charge >= 0.3 is 0 Å². The number of likely N-dealkylation sites (N-methyl/N-ethyl adjacent to an activating group) is 1. The van der Waals surface area contributed by atoms with Crippen molar-refractivity contribution in [2.75, 3.05) is 25.5 Å². The minimum Gasteiger partial charge on any atom is -0.308 e. The first-order chi connectivity index (χ1) is 11.0. The van der Waals surface area contributed by atoms with Crippen LogP contribution in [0.2, 0.25) is 5.02 Å². The van der Waals surface area contributed by atoms with Gasteiger partial charge in [0.1, 0.15) is 0 Å². The fourth-order valence-electron chi connectivity index (χ4n) is 2.82. The summed E-state index contributed by atoms with van der Waals surface area (Å²) >= 11 is 6.17. The summed E-state index contributed by atoms with van der Waals surface area (Å²) in [7, 11) is 4.08. The standard InChI is InChI=1S/C17H21ClN4O/c1-4-16(23)22-11-12-10-21(8-7-20(2)3)19-17(12)14-9-13(18)5-6-15(14)22/h5-6,9-10H,4,7-8,11H2,1-3H3. The van der Waals surface area contributed by atoms with E-state index in [-0.39, 0.29) is 5.91 Å². The van der Waals surface area contributed by atoms with Crippen molar-refractivity contribution >= 4 is 23.2 Å². The molecule has 0 saturated carbocycles. The molecule has 1 aromatic heterocycles. The van der Waals surface area contributed by atoms with Crippen LogP contribution in [0.5, 0.6) is 0 Å². The van der Waals surface area contributed by atoms with E-state index in [0.29, 0.717) is 18.0 Å². The fraction of sp³-hybridized carbons (Fsp3) is 0.412. The Morgan fingerprint density at radius 3 is 2.87 bits per heavy atom. The van der Waals surface area contributed by atoms with E-state index in [0.717, 1.165) is 35.6 Å². The quantitative estimate of drug-likeness (QED) is 0.864. The van der Waals surface area contributed by atoms with E-state index in [2.05, 4.69) is 4.90 Å². The third kappa shape index (κ3) is 3.12. The summed E-state index contributed by atoms with van der Waals surface area (Å²) in [5.74, 6) is 0.111. The molecular formula is C17H21ClN4O. The predicted molar refractivity (Wildman–Crippen MR) is 92.7 cm³/mol. The fourth-order valence-corrected chi connectivity index (χ4v) is 3.00. The van der Waals surface area contributed by atoms with Gasteiger partial charge in [-0.2, -0.15) is 5.10 Å². The number of rotatable bonds is 4. The zero-order valence-corrected chi connectivity index (χ0v) is 14.5. The predicted octanol–water partition coefficient (Wildman–Crippen LogP) is 3.02. The summed E-state index contributed by atoms with van der Waals surface area (Å²) in [6, 6.07) is 5.63. The molecule has 2 aromatic rings. The van der Waals surface area contributed by atoms with Crippen LogP contribution in [0.15, 0.2) is 24.4 Å². The van der Waals surface area contributed by atoms with Crippen molar-refractivity contribution in [1.29, 1.82) is 0 Å². The summed E-state index contributed by atoms with van der Waals surface area (Å²) in [4.78, 5) is 16.3. The first kappa shape index (κ1) is 16.0. The molecule has 3 rings (SSSR count). The summed E-state index contributed by atoms with van der Waals surface area (Å²) < 4.78 is 1.95. The van der Waals surface area contributed by atoms with E-state index in [9.17, 15) is 4.79 Å². The molecular weight excluding hydrogens is 312 g/mol. The second-order valence-corrected chi connectivity index (χ2v) is 6.50. The number of aromatic nitrogens is 2. The van der Waals surface area contributed by atoms with Crippen LogP contribution in [0.25, 0.3) is 11.3 Å². The van der Waals surface area contributed by atoms with Gasteiger partial charge in [0.2, 0.25) is 5.91 Å². The Labute approximate surface area is 141 Å². The highest BCUT2D eigenvalue weighted by molar-refractivity contribution is 6.31. The van der Waals surface area contributed by atoms with Crippen LogP contribution < -0.4 is 4.90 Å². The number of nitrogens with zero attached hydrogens (tertiary/aromatic N) is 4. The van der Waals surface area contributed by atoms with Gasteiger partial charge in [0.15, 0.2) is 0 Å². The second-order valence-electron chi connectivity index (χ2n) is 6.06. The van der Waals surface area contributed by atoms with E-state index in [1.165, 1.54) is 0 Å². The van der Waals surface area contributed by atoms with Gasteiger partial charge in [-0.15, -0.1) is 0 Å². The Hall–Kier alpha value is -1.85. The van der Waals surface area contributed by atoms with Crippen molar-refractivity contribution in [2.24, 2.45) is 0 Å². The lowest BCUT2D eigenvalue weighted by atomic mass is 10.00. The van der Waals surface area contributed by atoms with Crippen LogP contribution in [-0.4, -0.2) is 41.2 Å². The number of carbonyl (C=O) groups is 1. The number of hydrogen-bond acceptors (Lipinski definition) is 3. The molecule has 1 aromatic carbocycles. The molecule has 6 heteroatoms. The van der Waals surface area contributed by atoms with Crippen LogP contribution in [0.4, 0.5) is 5.69 Å². The number of hydrogen-bond donors (Lipinski definition) is 0. The molecule has 122 valence electrons. The Kier molecular flexibility index (Phi) is 4.41. The maximum absolute atomic E-state index is 12.3. The monoisotopic (exact) mass is 332 g/mol. The molecule has 0 unspecified atom stereocenters. The van der Waals surface area contributed by atoms with E-state index in [1.54, 1.807) is 0 Å². The van der Waals surface area contributed by atoms with Gasteiger partial charge in [-0.1, -0.05) is 18.5 Å². The number of benzene rings is 1. The lowest BCUT2D eigenvalue weighted by Gasteiger charge is -2.28. The molecule has 5 nitrogen and oxygen atoms in total. The van der Waals surface area contributed by atoms with Gasteiger partial charge in [-0.25, -0.2) is 0 Å². The van der Waals surface area contributed by atoms with Crippen molar-refractivity contribution in [3.05, 3.63) is 35.0 Å². The van der Waals surface area contributed by atoms with Crippen molar-refractivity contribution in [2.45, 2.75) is 26.4 Å². The Balaban J connectivity index is 2.02. The lowest BCUT2D eigenvalue weighted by Crippen LogP contribution is -2.32. The topological polar surface area (TPSA) is 41.4 Å². The smallest absolute Gasteiger partial charge is 0.227 e. The molecule has 2 heterocycles. The van der Waals surface area contributed by atoms with Gasteiger partial charge in [0.25, 0.3) is 0 Å². The number of halogens is 1. The normalized spacial score (nSPS) is 13.2. The first-order valence-corrected chi connectivity index (χ1v) is 8.18. The van der Waals surface area contributed by atoms with Crippen molar-refractivity contribution < 1.29 is 4.79 Å². The molecule has 0 radical (unpaired) electrons. The maximum atomic E-state index is 12.3. The minimum atomic E-state index is 0.111. The van der Waals surface area contributed by atoms with E-state index < -0.39 is 0 Å². The Bertz CT molecular complexity index is 738. The molecule has 0 fully saturated rings. The van der Waals surface area contributed by atoms with E-state index in [4.69, 9.17) is 16.7 Å². The van der Waals surface area contributed by atoms with Gasteiger partial charge in [-0.3, -0.25) is 9.48 Å². The van der Waals surface area contributed by atoms with Gasteiger partial charge in [0.05, 0.1) is 24.5 Å². The van der Waals surface area contributed by atoms with Crippen molar-refractivity contribution in [3.63, 3.8) is 0 Å². The molecule has 0 N–H and O–H groups in total. The highest BCUT2D eigenvalue weighted by Gasteiger charge is 2.28. The van der Waals surface area contributed by atoms with Crippen molar-refractivity contribution in [1.82, 2.24) is 14.7 Å². The highest BCUT2D eigenvalue weighted by Crippen LogP contribution is 2.39. The molecule has 1 aliphatic heterocycles. The van der Waals surface area contributed by atoms with Crippen LogP contribution in [-0.2, 0) is 17.9 Å². The third-order valence-corrected chi connectivity index (χ3v) is 4.29. The van der Waals surface area contributed by atoms with Crippen LogP contribution in [0.1, 0.15) is 18.9 Å². The molecule has 1 amide bonds. The largest absolute Gasteiger partial charge is 0.308 e. The Morgan fingerprint density at radius 1 is 1.39 bits per heavy atom. The molecule has 0 atom stereocenters. The number of carbonyl (C=O) groups excluding carboxylic acids is 1. The summed E-state index contributed by atoms with van der Waals surface area (Å²) in [5, 5.41) is 5.37. The van der Waals surface area contributed by atoms with Crippen LogP contribution in [0.3, 0.4) is 0 Å². The molecule has 1 aliphatic rings. The molecule has 0 saturated heterocycles. The average molecular weight is 333 g/mol. The number of amides is 1. The summed E-state index contributed by atoms with van der Waals surface area (Å²) in [6.45, 7) is 4.19. The molecule has 0 aliphatic carbocycles. The first-order valence-electron chi connectivity index (χ1n) is 7.81. The molecule has 0 bridgehead atoms. The second kappa shape index (κ2) is 6.34. The van der Waals surface area contributed by atoms with E-state index in [1.807, 2.05) is 55.0 Å².